The summed E-state index contributed by atoms with van der Waals surface area (Å²) in [7, 11) is 0. The maximum absolute atomic E-state index is 3.72. The van der Waals surface area contributed by atoms with Gasteiger partial charge in [0.05, 0.1) is 0 Å². The Morgan fingerprint density at radius 3 is 2.50 bits per heavy atom. The third-order valence-corrected chi connectivity index (χ3v) is 4.81. The molecular formula is C16H32N2. The first kappa shape index (κ1) is 14.3. The second kappa shape index (κ2) is 6.91. The van der Waals surface area contributed by atoms with Crippen molar-refractivity contribution in [2.45, 2.75) is 71.4 Å². The highest BCUT2D eigenvalue weighted by Crippen LogP contribution is 2.32. The lowest BCUT2D eigenvalue weighted by Crippen LogP contribution is -2.51. The number of nitrogens with one attached hydrogen (secondary N) is 1. The molecule has 1 saturated carbocycles. The Bertz CT molecular complexity index is 231. The van der Waals surface area contributed by atoms with Gasteiger partial charge in [0, 0.05) is 18.6 Å². The van der Waals surface area contributed by atoms with E-state index in [2.05, 4.69) is 31.0 Å². The standard InChI is InChI=1S/C16H32N2/c1-4-7-17-15-6-5-8-18(12-15)16-10-13(2)9-14(3)11-16/h13-17H,4-12H2,1-3H3. The summed E-state index contributed by atoms with van der Waals surface area (Å²) in [5, 5.41) is 3.72. The van der Waals surface area contributed by atoms with E-state index >= 15 is 0 Å². The van der Waals surface area contributed by atoms with E-state index in [0.29, 0.717) is 0 Å². The Balaban J connectivity index is 1.83. The lowest BCUT2D eigenvalue weighted by molar-refractivity contribution is 0.0780. The van der Waals surface area contributed by atoms with Crippen molar-refractivity contribution >= 4 is 0 Å². The van der Waals surface area contributed by atoms with Crippen LogP contribution in [0.5, 0.6) is 0 Å². The third-order valence-electron chi connectivity index (χ3n) is 4.81. The lowest BCUT2D eigenvalue weighted by atomic mass is 9.79. The molecule has 0 aromatic rings. The molecule has 2 heteroatoms. The summed E-state index contributed by atoms with van der Waals surface area (Å²) in [6.07, 6.45) is 8.35. The average Bonchev–Trinajstić information content (AvgIpc) is 2.35. The van der Waals surface area contributed by atoms with Gasteiger partial charge in [0.15, 0.2) is 0 Å². The van der Waals surface area contributed by atoms with Crippen LogP contribution in [-0.2, 0) is 0 Å². The van der Waals surface area contributed by atoms with E-state index in [0.717, 1.165) is 23.9 Å². The Morgan fingerprint density at radius 1 is 1.11 bits per heavy atom. The Hall–Kier alpha value is -0.0800. The van der Waals surface area contributed by atoms with Gasteiger partial charge in [-0.2, -0.15) is 0 Å². The molecule has 0 spiro atoms. The first-order valence-electron chi connectivity index (χ1n) is 8.16. The van der Waals surface area contributed by atoms with E-state index in [-0.39, 0.29) is 0 Å². The summed E-state index contributed by atoms with van der Waals surface area (Å²) >= 11 is 0. The van der Waals surface area contributed by atoms with Crippen LogP contribution in [0.2, 0.25) is 0 Å². The molecule has 0 amide bonds. The molecule has 0 radical (unpaired) electrons. The van der Waals surface area contributed by atoms with Gasteiger partial charge in [0.25, 0.3) is 0 Å². The molecule has 1 aliphatic heterocycles. The molecular weight excluding hydrogens is 220 g/mol. The summed E-state index contributed by atoms with van der Waals surface area (Å²) in [6.45, 7) is 11.0. The number of rotatable bonds is 4. The molecule has 1 heterocycles. The van der Waals surface area contributed by atoms with Crippen molar-refractivity contribution in [2.75, 3.05) is 19.6 Å². The molecule has 2 aliphatic rings. The molecule has 2 rings (SSSR count). The van der Waals surface area contributed by atoms with Crippen LogP contribution in [0.25, 0.3) is 0 Å². The summed E-state index contributed by atoms with van der Waals surface area (Å²) in [5.41, 5.74) is 0. The maximum Gasteiger partial charge on any atom is 0.0195 e. The van der Waals surface area contributed by atoms with Crippen molar-refractivity contribution < 1.29 is 0 Å². The predicted octanol–water partition coefficient (Wildman–Crippen LogP) is 3.28. The number of hydrogen-bond acceptors (Lipinski definition) is 2. The molecule has 1 aliphatic carbocycles. The number of nitrogens with zero attached hydrogens (tertiary/aromatic N) is 1. The number of piperidine rings is 1. The van der Waals surface area contributed by atoms with Crippen LogP contribution >= 0.6 is 0 Å². The van der Waals surface area contributed by atoms with Crippen molar-refractivity contribution in [3.05, 3.63) is 0 Å². The summed E-state index contributed by atoms with van der Waals surface area (Å²) in [6, 6.07) is 1.63. The minimum absolute atomic E-state index is 0.756. The minimum atomic E-state index is 0.756. The fraction of sp³-hybridized carbons (Fsp3) is 1.00. The van der Waals surface area contributed by atoms with Gasteiger partial charge in [-0.3, -0.25) is 4.90 Å². The highest BCUT2D eigenvalue weighted by molar-refractivity contribution is 4.87. The van der Waals surface area contributed by atoms with Gasteiger partial charge < -0.3 is 5.32 Å². The maximum atomic E-state index is 3.72. The Kier molecular flexibility index (Phi) is 5.50. The highest BCUT2D eigenvalue weighted by atomic mass is 15.2. The molecule has 2 fully saturated rings. The topological polar surface area (TPSA) is 15.3 Å². The van der Waals surface area contributed by atoms with Gasteiger partial charge in [-0.15, -0.1) is 0 Å². The Labute approximate surface area is 114 Å². The molecule has 3 atom stereocenters. The van der Waals surface area contributed by atoms with Gasteiger partial charge in [0.2, 0.25) is 0 Å². The van der Waals surface area contributed by atoms with Crippen LogP contribution in [0, 0.1) is 11.8 Å². The summed E-state index contributed by atoms with van der Waals surface area (Å²) in [4.78, 5) is 2.79. The van der Waals surface area contributed by atoms with Crippen molar-refractivity contribution in [1.29, 1.82) is 0 Å². The average molecular weight is 252 g/mol. The quantitative estimate of drug-likeness (QED) is 0.826. The third kappa shape index (κ3) is 3.96. The van der Waals surface area contributed by atoms with Crippen LogP contribution in [0.4, 0.5) is 0 Å². The second-order valence-electron chi connectivity index (χ2n) is 6.86. The summed E-state index contributed by atoms with van der Waals surface area (Å²) < 4.78 is 0. The van der Waals surface area contributed by atoms with E-state index in [9.17, 15) is 0 Å². The molecule has 18 heavy (non-hydrogen) atoms. The monoisotopic (exact) mass is 252 g/mol. The van der Waals surface area contributed by atoms with Crippen molar-refractivity contribution in [2.24, 2.45) is 11.8 Å². The number of likely N-dealkylation sites (tertiary alicyclic amines) is 1. The molecule has 1 N–H and O–H groups in total. The van der Waals surface area contributed by atoms with Gasteiger partial charge >= 0.3 is 0 Å². The molecule has 0 aromatic heterocycles. The van der Waals surface area contributed by atoms with E-state index in [4.69, 9.17) is 0 Å². The van der Waals surface area contributed by atoms with E-state index in [1.54, 1.807) is 0 Å². The van der Waals surface area contributed by atoms with Gasteiger partial charge in [0.1, 0.15) is 0 Å². The second-order valence-corrected chi connectivity index (χ2v) is 6.86. The number of hydrogen-bond donors (Lipinski definition) is 1. The van der Waals surface area contributed by atoms with Gasteiger partial charge in [-0.1, -0.05) is 20.8 Å². The molecule has 0 aromatic carbocycles. The van der Waals surface area contributed by atoms with E-state index in [1.165, 1.54) is 58.2 Å². The lowest BCUT2D eigenvalue weighted by Gasteiger charge is -2.43. The fourth-order valence-corrected chi connectivity index (χ4v) is 4.06. The van der Waals surface area contributed by atoms with E-state index in [1.807, 2.05) is 0 Å². The van der Waals surface area contributed by atoms with Crippen LogP contribution in [-0.4, -0.2) is 36.6 Å². The van der Waals surface area contributed by atoms with Gasteiger partial charge in [-0.05, 0) is 63.5 Å². The van der Waals surface area contributed by atoms with Crippen LogP contribution in [0.3, 0.4) is 0 Å². The largest absolute Gasteiger partial charge is 0.313 e. The molecule has 3 unspecified atom stereocenters. The minimum Gasteiger partial charge on any atom is -0.313 e. The molecule has 0 bridgehead atoms. The first-order chi connectivity index (χ1) is 8.69. The Morgan fingerprint density at radius 2 is 1.83 bits per heavy atom. The first-order valence-corrected chi connectivity index (χ1v) is 8.16. The predicted molar refractivity (Wildman–Crippen MR) is 78.9 cm³/mol. The smallest absolute Gasteiger partial charge is 0.0195 e. The zero-order chi connectivity index (χ0) is 13.0. The zero-order valence-electron chi connectivity index (χ0n) is 12.6. The molecule has 1 saturated heterocycles. The zero-order valence-corrected chi connectivity index (χ0v) is 12.6. The van der Waals surface area contributed by atoms with Crippen LogP contribution in [0.15, 0.2) is 0 Å². The normalized spacial score (nSPS) is 38.8. The molecule has 106 valence electrons. The van der Waals surface area contributed by atoms with Crippen LogP contribution in [0.1, 0.15) is 59.3 Å². The van der Waals surface area contributed by atoms with E-state index < -0.39 is 0 Å². The fourth-order valence-electron chi connectivity index (χ4n) is 4.06. The van der Waals surface area contributed by atoms with Crippen molar-refractivity contribution in [3.8, 4) is 0 Å². The van der Waals surface area contributed by atoms with Gasteiger partial charge in [-0.25, -0.2) is 0 Å². The van der Waals surface area contributed by atoms with Crippen molar-refractivity contribution in [1.82, 2.24) is 10.2 Å². The molecule has 2 nitrogen and oxygen atoms in total. The highest BCUT2D eigenvalue weighted by Gasteiger charge is 2.31. The summed E-state index contributed by atoms with van der Waals surface area (Å²) in [5.74, 6) is 1.87. The SMILES string of the molecule is CCCNC1CCCN(C2CC(C)CC(C)C2)C1. The van der Waals surface area contributed by atoms with Crippen molar-refractivity contribution in [3.63, 3.8) is 0 Å². The van der Waals surface area contributed by atoms with Crippen LogP contribution < -0.4 is 5.32 Å².